The lowest BCUT2D eigenvalue weighted by atomic mass is 10.2. The molecule has 0 aliphatic rings. The van der Waals surface area contributed by atoms with E-state index in [0.29, 0.717) is 38.8 Å². The molecule has 0 saturated heterocycles. The van der Waals surface area contributed by atoms with Gasteiger partial charge in [0.25, 0.3) is 0 Å². The van der Waals surface area contributed by atoms with Gasteiger partial charge >= 0.3 is 5.97 Å². The summed E-state index contributed by atoms with van der Waals surface area (Å²) in [5.41, 5.74) is 1.30. The number of fused-ring (bicyclic) bond motifs is 1. The monoisotopic (exact) mass is 345 g/mol. The summed E-state index contributed by atoms with van der Waals surface area (Å²) < 4.78 is 10.6. The van der Waals surface area contributed by atoms with Crippen LogP contribution in [0.25, 0.3) is 10.2 Å². The molecule has 0 fully saturated rings. The second kappa shape index (κ2) is 6.32. The van der Waals surface area contributed by atoms with Crippen molar-refractivity contribution >= 4 is 39.0 Å². The highest BCUT2D eigenvalue weighted by Crippen LogP contribution is 2.37. The van der Waals surface area contributed by atoms with E-state index in [4.69, 9.17) is 9.47 Å². The Bertz CT molecular complexity index is 923. The first-order valence-electron chi connectivity index (χ1n) is 7.01. The van der Waals surface area contributed by atoms with Crippen LogP contribution in [-0.2, 0) is 0 Å². The number of nitrogens with one attached hydrogen (secondary N) is 1. The van der Waals surface area contributed by atoms with Gasteiger partial charge in [-0.25, -0.2) is 14.8 Å². The molecule has 2 N–H and O–H groups in total. The van der Waals surface area contributed by atoms with Crippen LogP contribution < -0.4 is 14.8 Å². The second-order valence-corrected chi connectivity index (χ2v) is 5.95. The molecule has 7 nitrogen and oxygen atoms in total. The number of ether oxygens (including phenoxy) is 2. The molecule has 0 aliphatic heterocycles. The van der Waals surface area contributed by atoms with Crippen LogP contribution >= 0.6 is 11.3 Å². The van der Waals surface area contributed by atoms with E-state index in [9.17, 15) is 9.90 Å². The fraction of sp³-hybridized carbons (Fsp3) is 0.188. The molecule has 2 aromatic heterocycles. The number of thiophene rings is 1. The molecule has 3 aromatic rings. The normalized spacial score (nSPS) is 10.6. The minimum absolute atomic E-state index is 0.256. The average molecular weight is 345 g/mol. The Labute approximate surface area is 141 Å². The minimum atomic E-state index is -0.972. The number of carbonyl (C=O) groups is 1. The first-order chi connectivity index (χ1) is 11.5. The summed E-state index contributed by atoms with van der Waals surface area (Å²) in [5, 5.41) is 13.2. The fourth-order valence-corrected chi connectivity index (χ4v) is 3.40. The molecule has 8 heteroatoms. The molecule has 0 saturated carbocycles. The van der Waals surface area contributed by atoms with Crippen molar-refractivity contribution in [2.75, 3.05) is 19.5 Å². The molecular formula is C16H15N3O4S. The number of aryl methyl sites for hydroxylation is 1. The second-order valence-electron chi connectivity index (χ2n) is 4.95. The van der Waals surface area contributed by atoms with Crippen LogP contribution in [0.3, 0.4) is 0 Å². The number of hydrogen-bond acceptors (Lipinski definition) is 7. The summed E-state index contributed by atoms with van der Waals surface area (Å²) in [4.78, 5) is 20.7. The highest BCUT2D eigenvalue weighted by Gasteiger charge is 2.19. The number of aromatic carboxylic acids is 1. The van der Waals surface area contributed by atoms with Gasteiger partial charge in [0, 0.05) is 6.07 Å². The topological polar surface area (TPSA) is 93.6 Å². The maximum absolute atomic E-state index is 11.4. The summed E-state index contributed by atoms with van der Waals surface area (Å²) in [6.45, 7) is 1.75. The zero-order valence-corrected chi connectivity index (χ0v) is 14.1. The van der Waals surface area contributed by atoms with E-state index in [1.807, 2.05) is 0 Å². The van der Waals surface area contributed by atoms with Crippen LogP contribution in [0.2, 0.25) is 0 Å². The molecule has 0 aliphatic carbocycles. The molecular weight excluding hydrogens is 330 g/mol. The van der Waals surface area contributed by atoms with Crippen molar-refractivity contribution in [3.05, 3.63) is 35.0 Å². The van der Waals surface area contributed by atoms with Crippen LogP contribution in [-0.4, -0.2) is 35.3 Å². The van der Waals surface area contributed by atoms with Gasteiger partial charge in [0.2, 0.25) is 0 Å². The lowest BCUT2D eigenvalue weighted by Gasteiger charge is -2.13. The van der Waals surface area contributed by atoms with Gasteiger partial charge in [-0.1, -0.05) is 0 Å². The van der Waals surface area contributed by atoms with Crippen molar-refractivity contribution in [1.82, 2.24) is 9.97 Å². The third-order valence-corrected chi connectivity index (χ3v) is 4.77. The van der Waals surface area contributed by atoms with Crippen LogP contribution in [0.5, 0.6) is 11.5 Å². The molecule has 2 heterocycles. The summed E-state index contributed by atoms with van der Waals surface area (Å²) >= 11 is 1.13. The third kappa shape index (κ3) is 2.71. The van der Waals surface area contributed by atoms with Gasteiger partial charge in [-0.3, -0.25) is 0 Å². The standard InChI is InChI=1S/C16H15N3O4S/c1-8-12-14(17-7-18-15(12)24-13(8)16(20)21)19-10-6-9(22-2)4-5-11(10)23-3/h4-7H,1-3H3,(H,20,21)(H,17,18,19). The number of benzene rings is 1. The summed E-state index contributed by atoms with van der Waals surface area (Å²) in [7, 11) is 3.15. The summed E-state index contributed by atoms with van der Waals surface area (Å²) in [5.74, 6) is 0.832. The molecule has 0 spiro atoms. The lowest BCUT2D eigenvalue weighted by molar-refractivity contribution is 0.0701. The SMILES string of the molecule is COc1ccc(OC)c(Nc2ncnc3sc(C(=O)O)c(C)c23)c1. The number of anilines is 2. The average Bonchev–Trinajstić information content (AvgIpc) is 2.93. The van der Waals surface area contributed by atoms with Crippen molar-refractivity contribution in [3.8, 4) is 11.5 Å². The van der Waals surface area contributed by atoms with Gasteiger partial charge in [0.15, 0.2) is 0 Å². The molecule has 0 radical (unpaired) electrons. The van der Waals surface area contributed by atoms with Gasteiger partial charge in [-0.05, 0) is 24.6 Å². The van der Waals surface area contributed by atoms with Crippen molar-refractivity contribution < 1.29 is 19.4 Å². The van der Waals surface area contributed by atoms with Crippen LogP contribution in [0.1, 0.15) is 15.2 Å². The van der Waals surface area contributed by atoms with Gasteiger partial charge in [-0.15, -0.1) is 11.3 Å². The number of carboxylic acids is 1. The molecule has 1 aromatic carbocycles. The van der Waals surface area contributed by atoms with E-state index in [2.05, 4.69) is 15.3 Å². The fourth-order valence-electron chi connectivity index (χ4n) is 2.41. The smallest absolute Gasteiger partial charge is 0.346 e. The van der Waals surface area contributed by atoms with Crippen LogP contribution in [0, 0.1) is 6.92 Å². The predicted molar refractivity (Wildman–Crippen MR) is 91.9 cm³/mol. The number of carboxylic acid groups (broad SMARTS) is 1. The molecule has 0 bridgehead atoms. The zero-order valence-electron chi connectivity index (χ0n) is 13.3. The Balaban J connectivity index is 2.13. The van der Waals surface area contributed by atoms with Crippen LogP contribution in [0.4, 0.5) is 11.5 Å². The maximum Gasteiger partial charge on any atom is 0.346 e. The summed E-state index contributed by atoms with van der Waals surface area (Å²) in [6, 6.07) is 5.35. The Morgan fingerprint density at radius 3 is 2.71 bits per heavy atom. The van der Waals surface area contributed by atoms with E-state index in [1.54, 1.807) is 39.3 Å². The first kappa shape index (κ1) is 16.0. The minimum Gasteiger partial charge on any atom is -0.497 e. The predicted octanol–water partition coefficient (Wildman–Crippen LogP) is 3.46. The van der Waals surface area contributed by atoms with E-state index < -0.39 is 5.97 Å². The molecule has 3 rings (SSSR count). The van der Waals surface area contributed by atoms with Gasteiger partial charge in [0.05, 0.1) is 25.3 Å². The number of methoxy groups -OCH3 is 2. The van der Waals surface area contributed by atoms with E-state index in [1.165, 1.54) is 6.33 Å². The number of aromatic nitrogens is 2. The number of rotatable bonds is 5. The van der Waals surface area contributed by atoms with E-state index in [-0.39, 0.29) is 4.88 Å². The Morgan fingerprint density at radius 2 is 2.04 bits per heavy atom. The van der Waals surface area contributed by atoms with Crippen molar-refractivity contribution in [3.63, 3.8) is 0 Å². The summed E-state index contributed by atoms with van der Waals surface area (Å²) in [6.07, 6.45) is 1.40. The first-order valence-corrected chi connectivity index (χ1v) is 7.83. The number of nitrogens with zero attached hydrogens (tertiary/aromatic N) is 2. The zero-order chi connectivity index (χ0) is 17.3. The quantitative estimate of drug-likeness (QED) is 0.731. The highest BCUT2D eigenvalue weighted by molar-refractivity contribution is 7.20. The molecule has 24 heavy (non-hydrogen) atoms. The van der Waals surface area contributed by atoms with Crippen molar-refractivity contribution in [2.24, 2.45) is 0 Å². The van der Waals surface area contributed by atoms with E-state index >= 15 is 0 Å². The number of hydrogen-bond donors (Lipinski definition) is 2. The van der Waals surface area contributed by atoms with E-state index in [0.717, 1.165) is 11.3 Å². The maximum atomic E-state index is 11.4. The Morgan fingerprint density at radius 1 is 1.25 bits per heavy atom. The molecule has 124 valence electrons. The highest BCUT2D eigenvalue weighted by atomic mass is 32.1. The van der Waals surface area contributed by atoms with Crippen molar-refractivity contribution in [2.45, 2.75) is 6.92 Å². The van der Waals surface area contributed by atoms with Gasteiger partial charge in [0.1, 0.15) is 33.4 Å². The van der Waals surface area contributed by atoms with Gasteiger partial charge < -0.3 is 19.9 Å². The van der Waals surface area contributed by atoms with Gasteiger partial charge in [-0.2, -0.15) is 0 Å². The molecule has 0 amide bonds. The third-order valence-electron chi connectivity index (χ3n) is 3.58. The molecule has 0 unspecified atom stereocenters. The Hall–Kier alpha value is -2.87. The van der Waals surface area contributed by atoms with Crippen molar-refractivity contribution in [1.29, 1.82) is 0 Å². The van der Waals surface area contributed by atoms with Crippen LogP contribution in [0.15, 0.2) is 24.5 Å². The Kier molecular flexibility index (Phi) is 4.22. The molecule has 0 atom stereocenters. The lowest BCUT2D eigenvalue weighted by Crippen LogP contribution is -1.99. The largest absolute Gasteiger partial charge is 0.497 e.